The first-order valence-electron chi connectivity index (χ1n) is 10.7. The van der Waals surface area contributed by atoms with Crippen LogP contribution in [0.15, 0.2) is 69.9 Å². The number of fused-ring (bicyclic) bond motifs is 1. The van der Waals surface area contributed by atoms with E-state index in [-0.39, 0.29) is 17.5 Å². The van der Waals surface area contributed by atoms with Crippen molar-refractivity contribution in [2.75, 3.05) is 26.7 Å². The maximum Gasteiger partial charge on any atom is 0.349 e. The van der Waals surface area contributed by atoms with Crippen LogP contribution in [-0.2, 0) is 6.42 Å². The summed E-state index contributed by atoms with van der Waals surface area (Å²) >= 11 is 0. The maximum absolute atomic E-state index is 13.1. The molecule has 0 aliphatic carbocycles. The maximum atomic E-state index is 13.1. The number of carbonyl (C=O) groups is 1. The highest BCUT2D eigenvalue weighted by molar-refractivity contribution is 5.96. The minimum absolute atomic E-state index is 0.105. The van der Waals surface area contributed by atoms with Gasteiger partial charge in [-0.25, -0.2) is 4.79 Å². The number of piperidine rings is 1. The van der Waals surface area contributed by atoms with Gasteiger partial charge in [-0.3, -0.25) is 4.79 Å². The minimum Gasteiger partial charge on any atom is -0.422 e. The Bertz CT molecular complexity index is 1060. The van der Waals surface area contributed by atoms with Crippen LogP contribution in [0.4, 0.5) is 0 Å². The molecule has 0 saturated carbocycles. The smallest absolute Gasteiger partial charge is 0.349 e. The van der Waals surface area contributed by atoms with E-state index in [0.29, 0.717) is 5.58 Å². The number of aryl methyl sites for hydroxylation is 1. The molecule has 1 aliphatic rings. The van der Waals surface area contributed by atoms with Crippen LogP contribution in [0.2, 0.25) is 0 Å². The standard InChI is InChI=1S/C25H28N2O3/c1-26(24(28)22-17-20-12-5-6-14-23(20)30-25(22)29)21-13-8-16-27(18-21)15-7-11-19-9-3-2-4-10-19/h2-6,9-10,12,14,17,21H,7-8,11,13,15-16,18H2,1H3/t21-/m1/s1. The molecule has 5 nitrogen and oxygen atoms in total. The molecule has 2 heterocycles. The fourth-order valence-corrected chi connectivity index (χ4v) is 4.27. The lowest BCUT2D eigenvalue weighted by molar-refractivity contribution is 0.0613. The van der Waals surface area contributed by atoms with E-state index >= 15 is 0 Å². The van der Waals surface area contributed by atoms with Gasteiger partial charge in [-0.15, -0.1) is 0 Å². The van der Waals surface area contributed by atoms with Crippen LogP contribution in [0.25, 0.3) is 11.0 Å². The number of likely N-dealkylation sites (tertiary alicyclic amines) is 1. The normalized spacial score (nSPS) is 17.2. The molecule has 1 atom stereocenters. The Morgan fingerprint density at radius 2 is 1.90 bits per heavy atom. The quantitative estimate of drug-likeness (QED) is 0.584. The lowest BCUT2D eigenvalue weighted by Crippen LogP contribution is -2.49. The number of para-hydroxylation sites is 1. The molecule has 0 bridgehead atoms. The van der Waals surface area contributed by atoms with Gasteiger partial charge in [0.2, 0.25) is 0 Å². The van der Waals surface area contributed by atoms with Crippen LogP contribution >= 0.6 is 0 Å². The summed E-state index contributed by atoms with van der Waals surface area (Å²) in [7, 11) is 1.80. The Morgan fingerprint density at radius 1 is 1.13 bits per heavy atom. The topological polar surface area (TPSA) is 53.8 Å². The molecule has 30 heavy (non-hydrogen) atoms. The Morgan fingerprint density at radius 3 is 2.73 bits per heavy atom. The van der Waals surface area contributed by atoms with E-state index in [9.17, 15) is 9.59 Å². The van der Waals surface area contributed by atoms with Gasteiger partial charge in [-0.05, 0) is 56.5 Å². The van der Waals surface area contributed by atoms with Gasteiger partial charge < -0.3 is 14.2 Å². The molecule has 1 aromatic heterocycles. The van der Waals surface area contributed by atoms with Crippen molar-refractivity contribution in [1.82, 2.24) is 9.80 Å². The second-order valence-corrected chi connectivity index (χ2v) is 8.09. The van der Waals surface area contributed by atoms with Crippen molar-refractivity contribution >= 4 is 16.9 Å². The molecule has 1 fully saturated rings. The van der Waals surface area contributed by atoms with Gasteiger partial charge in [0.1, 0.15) is 11.1 Å². The van der Waals surface area contributed by atoms with E-state index in [1.807, 2.05) is 24.3 Å². The third-order valence-electron chi connectivity index (χ3n) is 6.00. The molecule has 5 heteroatoms. The largest absolute Gasteiger partial charge is 0.422 e. The molecule has 1 saturated heterocycles. The molecule has 2 aromatic carbocycles. The summed E-state index contributed by atoms with van der Waals surface area (Å²) in [6, 6.07) is 19.6. The Kier molecular flexibility index (Phi) is 6.29. The highest BCUT2D eigenvalue weighted by atomic mass is 16.4. The van der Waals surface area contributed by atoms with Gasteiger partial charge in [0, 0.05) is 25.0 Å². The van der Waals surface area contributed by atoms with Crippen LogP contribution in [0.1, 0.15) is 35.2 Å². The van der Waals surface area contributed by atoms with Gasteiger partial charge in [0.25, 0.3) is 5.91 Å². The summed E-state index contributed by atoms with van der Waals surface area (Å²) in [6.45, 7) is 2.92. The molecular formula is C25H28N2O3. The zero-order valence-corrected chi connectivity index (χ0v) is 17.4. The number of benzene rings is 2. The molecule has 0 unspecified atom stereocenters. The van der Waals surface area contributed by atoms with Crippen molar-refractivity contribution in [3.63, 3.8) is 0 Å². The molecule has 0 radical (unpaired) electrons. The summed E-state index contributed by atoms with van der Waals surface area (Å²) in [4.78, 5) is 29.6. The van der Waals surface area contributed by atoms with E-state index in [1.54, 1.807) is 24.1 Å². The van der Waals surface area contributed by atoms with E-state index in [4.69, 9.17) is 4.42 Å². The second-order valence-electron chi connectivity index (χ2n) is 8.09. The van der Waals surface area contributed by atoms with Crippen molar-refractivity contribution in [3.05, 3.63) is 82.2 Å². The van der Waals surface area contributed by atoms with Gasteiger partial charge >= 0.3 is 5.63 Å². The summed E-state index contributed by atoms with van der Waals surface area (Å²) in [6.07, 6.45) is 4.17. The summed E-state index contributed by atoms with van der Waals surface area (Å²) in [5.74, 6) is -0.259. The molecule has 156 valence electrons. The van der Waals surface area contributed by atoms with Crippen LogP contribution < -0.4 is 5.63 Å². The average molecular weight is 405 g/mol. The van der Waals surface area contributed by atoms with Crippen LogP contribution in [0.3, 0.4) is 0 Å². The third kappa shape index (κ3) is 4.62. The van der Waals surface area contributed by atoms with Crippen molar-refractivity contribution in [3.8, 4) is 0 Å². The second kappa shape index (κ2) is 9.26. The third-order valence-corrected chi connectivity index (χ3v) is 6.00. The SMILES string of the molecule is CN(C(=O)c1cc2ccccc2oc1=O)[C@@H]1CCCN(CCCc2ccccc2)C1. The van der Waals surface area contributed by atoms with Gasteiger partial charge in [-0.1, -0.05) is 48.5 Å². The number of nitrogens with zero attached hydrogens (tertiary/aromatic N) is 2. The molecule has 4 rings (SSSR count). The zero-order chi connectivity index (χ0) is 20.9. The van der Waals surface area contributed by atoms with Crippen molar-refractivity contribution in [1.29, 1.82) is 0 Å². The first kappa shape index (κ1) is 20.4. The highest BCUT2D eigenvalue weighted by Gasteiger charge is 2.28. The van der Waals surface area contributed by atoms with Crippen LogP contribution in [0, 0.1) is 0 Å². The van der Waals surface area contributed by atoms with Gasteiger partial charge in [0.05, 0.1) is 0 Å². The van der Waals surface area contributed by atoms with E-state index in [1.165, 1.54) is 5.56 Å². The predicted molar refractivity (Wildman–Crippen MR) is 119 cm³/mol. The van der Waals surface area contributed by atoms with Crippen LogP contribution in [-0.4, -0.2) is 48.4 Å². The highest BCUT2D eigenvalue weighted by Crippen LogP contribution is 2.19. The number of amides is 1. The predicted octanol–water partition coefficient (Wildman–Crippen LogP) is 3.96. The van der Waals surface area contributed by atoms with Gasteiger partial charge in [0.15, 0.2) is 0 Å². The number of rotatable bonds is 6. The first-order chi connectivity index (χ1) is 14.6. The van der Waals surface area contributed by atoms with Crippen molar-refractivity contribution < 1.29 is 9.21 Å². The lowest BCUT2D eigenvalue weighted by atomic mass is 10.0. The fraction of sp³-hybridized carbons (Fsp3) is 0.360. The van der Waals surface area contributed by atoms with E-state index in [2.05, 4.69) is 29.2 Å². The van der Waals surface area contributed by atoms with Crippen LogP contribution in [0.5, 0.6) is 0 Å². The van der Waals surface area contributed by atoms with E-state index in [0.717, 1.165) is 50.7 Å². The summed E-state index contributed by atoms with van der Waals surface area (Å²) in [5, 5.41) is 0.764. The Labute approximate surface area is 176 Å². The number of hydrogen-bond acceptors (Lipinski definition) is 4. The number of carbonyl (C=O) groups excluding carboxylic acids is 1. The molecule has 3 aromatic rings. The fourth-order valence-electron chi connectivity index (χ4n) is 4.27. The summed E-state index contributed by atoms with van der Waals surface area (Å²) < 4.78 is 5.35. The first-order valence-corrected chi connectivity index (χ1v) is 10.7. The molecule has 0 spiro atoms. The molecular weight excluding hydrogens is 376 g/mol. The Balaban J connectivity index is 1.39. The Hall–Kier alpha value is -2.92. The van der Waals surface area contributed by atoms with Gasteiger partial charge in [-0.2, -0.15) is 0 Å². The lowest BCUT2D eigenvalue weighted by Gasteiger charge is -2.37. The minimum atomic E-state index is -0.568. The van der Waals surface area contributed by atoms with Crippen molar-refractivity contribution in [2.24, 2.45) is 0 Å². The number of hydrogen-bond donors (Lipinski definition) is 0. The van der Waals surface area contributed by atoms with Crippen molar-refractivity contribution in [2.45, 2.75) is 31.7 Å². The zero-order valence-electron chi connectivity index (χ0n) is 17.4. The monoisotopic (exact) mass is 404 g/mol. The molecule has 1 aliphatic heterocycles. The number of likely N-dealkylation sites (N-methyl/N-ethyl adjacent to an activating group) is 1. The average Bonchev–Trinajstić information content (AvgIpc) is 2.78. The summed E-state index contributed by atoms with van der Waals surface area (Å²) in [5.41, 5.74) is 1.41. The van der Waals surface area contributed by atoms with E-state index < -0.39 is 5.63 Å². The molecule has 0 N–H and O–H groups in total. The molecule has 1 amide bonds.